The summed E-state index contributed by atoms with van der Waals surface area (Å²) in [4.78, 5) is 2.58. The van der Waals surface area contributed by atoms with Crippen LogP contribution < -0.4 is 0 Å². The van der Waals surface area contributed by atoms with Crippen LogP contribution in [0.5, 0.6) is 0 Å². The third kappa shape index (κ3) is 2.00. The van der Waals surface area contributed by atoms with E-state index in [4.69, 9.17) is 4.74 Å². The quantitative estimate of drug-likeness (QED) is 0.755. The van der Waals surface area contributed by atoms with Crippen molar-refractivity contribution in [1.29, 1.82) is 0 Å². The van der Waals surface area contributed by atoms with Crippen molar-refractivity contribution in [2.24, 2.45) is 0 Å². The zero-order valence-electron chi connectivity index (χ0n) is 9.74. The second kappa shape index (κ2) is 4.56. The monoisotopic (exact) mass is 217 g/mol. The third-order valence-corrected chi connectivity index (χ3v) is 3.72. The lowest BCUT2D eigenvalue weighted by Crippen LogP contribution is -2.29. The van der Waals surface area contributed by atoms with E-state index >= 15 is 0 Å². The second-order valence-electron chi connectivity index (χ2n) is 4.88. The molecule has 0 aromatic heterocycles. The van der Waals surface area contributed by atoms with Crippen LogP contribution in [0.3, 0.4) is 0 Å². The highest BCUT2D eigenvalue weighted by Gasteiger charge is 2.17. The fraction of sp³-hybridized carbons (Fsp3) is 0.571. The predicted octanol–water partition coefficient (Wildman–Crippen LogP) is 2.70. The van der Waals surface area contributed by atoms with Crippen LogP contribution in [0.15, 0.2) is 18.2 Å². The average molecular weight is 217 g/mol. The Labute approximate surface area is 97.2 Å². The number of rotatable bonds is 2. The molecular weight excluding hydrogens is 198 g/mol. The van der Waals surface area contributed by atoms with Gasteiger partial charge in [-0.1, -0.05) is 24.6 Å². The Hall–Kier alpha value is -0.860. The summed E-state index contributed by atoms with van der Waals surface area (Å²) in [5, 5.41) is 0. The van der Waals surface area contributed by atoms with Crippen molar-refractivity contribution in [2.75, 3.05) is 13.1 Å². The van der Waals surface area contributed by atoms with E-state index < -0.39 is 0 Å². The topological polar surface area (TPSA) is 12.5 Å². The summed E-state index contributed by atoms with van der Waals surface area (Å²) in [6, 6.07) is 6.64. The molecule has 16 heavy (non-hydrogen) atoms. The van der Waals surface area contributed by atoms with Gasteiger partial charge in [0, 0.05) is 6.54 Å². The lowest BCUT2D eigenvalue weighted by atomic mass is 10.0. The van der Waals surface area contributed by atoms with Gasteiger partial charge in [-0.25, -0.2) is 0 Å². The molecule has 0 amide bonds. The lowest BCUT2D eigenvalue weighted by Gasteiger charge is -2.27. The number of benzene rings is 1. The molecule has 2 aliphatic heterocycles. The third-order valence-electron chi connectivity index (χ3n) is 3.72. The minimum atomic E-state index is 0.809. The van der Waals surface area contributed by atoms with Gasteiger partial charge in [0.1, 0.15) is 0 Å². The summed E-state index contributed by atoms with van der Waals surface area (Å²) in [5.41, 5.74) is 4.33. The van der Waals surface area contributed by atoms with Gasteiger partial charge in [-0.2, -0.15) is 0 Å². The molecule has 1 fully saturated rings. The largest absolute Gasteiger partial charge is 0.372 e. The SMILES string of the molecule is c1cc2c(c(CN3CCCCC3)c1)COC2. The van der Waals surface area contributed by atoms with Crippen LogP contribution in [0, 0.1) is 0 Å². The van der Waals surface area contributed by atoms with E-state index in [-0.39, 0.29) is 0 Å². The van der Waals surface area contributed by atoms with Crippen LogP contribution in [0.25, 0.3) is 0 Å². The summed E-state index contributed by atoms with van der Waals surface area (Å²) < 4.78 is 5.53. The maximum atomic E-state index is 5.53. The van der Waals surface area contributed by atoms with Gasteiger partial charge in [0.15, 0.2) is 0 Å². The molecular formula is C14H19NO. The molecule has 1 aromatic carbocycles. The molecule has 0 radical (unpaired) electrons. The van der Waals surface area contributed by atoms with E-state index in [2.05, 4.69) is 23.1 Å². The van der Waals surface area contributed by atoms with Crippen molar-refractivity contribution >= 4 is 0 Å². The van der Waals surface area contributed by atoms with E-state index in [0.29, 0.717) is 0 Å². The maximum Gasteiger partial charge on any atom is 0.0728 e. The smallest absolute Gasteiger partial charge is 0.0728 e. The number of hydrogen-bond acceptors (Lipinski definition) is 2. The summed E-state index contributed by atoms with van der Waals surface area (Å²) in [6.07, 6.45) is 4.14. The summed E-state index contributed by atoms with van der Waals surface area (Å²) in [6.45, 7) is 5.28. The fourth-order valence-corrected chi connectivity index (χ4v) is 2.78. The van der Waals surface area contributed by atoms with Crippen molar-refractivity contribution in [1.82, 2.24) is 4.90 Å². The van der Waals surface area contributed by atoms with Gasteiger partial charge in [0.25, 0.3) is 0 Å². The molecule has 0 spiro atoms. The standard InChI is InChI=1S/C14H19NO/c1-2-7-15(8-3-1)9-12-5-4-6-13-10-16-11-14(12)13/h4-6H,1-3,7-11H2. The van der Waals surface area contributed by atoms with Gasteiger partial charge >= 0.3 is 0 Å². The van der Waals surface area contributed by atoms with Crippen molar-refractivity contribution in [3.05, 3.63) is 34.9 Å². The molecule has 2 heteroatoms. The molecule has 1 aromatic rings. The molecule has 2 aliphatic rings. The van der Waals surface area contributed by atoms with Gasteiger partial charge in [-0.05, 0) is 42.6 Å². The van der Waals surface area contributed by atoms with Gasteiger partial charge in [-0.3, -0.25) is 4.90 Å². The van der Waals surface area contributed by atoms with E-state index in [1.807, 2.05) is 0 Å². The van der Waals surface area contributed by atoms with Crippen LogP contribution in [-0.2, 0) is 24.5 Å². The number of ether oxygens (including phenoxy) is 1. The zero-order valence-corrected chi connectivity index (χ0v) is 9.74. The number of fused-ring (bicyclic) bond motifs is 1. The van der Waals surface area contributed by atoms with Crippen LogP contribution in [0.1, 0.15) is 36.0 Å². The van der Waals surface area contributed by atoms with Crippen LogP contribution >= 0.6 is 0 Å². The van der Waals surface area contributed by atoms with Crippen molar-refractivity contribution in [3.8, 4) is 0 Å². The first-order valence-corrected chi connectivity index (χ1v) is 6.33. The van der Waals surface area contributed by atoms with Crippen LogP contribution in [-0.4, -0.2) is 18.0 Å². The van der Waals surface area contributed by atoms with Crippen molar-refractivity contribution < 1.29 is 4.74 Å². The maximum absolute atomic E-state index is 5.53. The zero-order chi connectivity index (χ0) is 10.8. The Morgan fingerprint density at radius 3 is 2.81 bits per heavy atom. The molecule has 86 valence electrons. The van der Waals surface area contributed by atoms with E-state index in [1.165, 1.54) is 49.0 Å². The molecule has 1 saturated heterocycles. The van der Waals surface area contributed by atoms with Gasteiger partial charge in [0.2, 0.25) is 0 Å². The summed E-state index contributed by atoms with van der Waals surface area (Å²) in [5.74, 6) is 0. The van der Waals surface area contributed by atoms with Gasteiger partial charge in [0.05, 0.1) is 13.2 Å². The first-order chi connectivity index (χ1) is 7.93. The average Bonchev–Trinajstić information content (AvgIpc) is 2.80. The first kappa shape index (κ1) is 10.3. The molecule has 0 aliphatic carbocycles. The van der Waals surface area contributed by atoms with Crippen molar-refractivity contribution in [3.63, 3.8) is 0 Å². The van der Waals surface area contributed by atoms with Crippen LogP contribution in [0.4, 0.5) is 0 Å². The first-order valence-electron chi connectivity index (χ1n) is 6.33. The Morgan fingerprint density at radius 2 is 1.94 bits per heavy atom. The normalized spacial score (nSPS) is 21.0. The Balaban J connectivity index is 1.76. The summed E-state index contributed by atoms with van der Waals surface area (Å²) in [7, 11) is 0. The van der Waals surface area contributed by atoms with Crippen molar-refractivity contribution in [2.45, 2.75) is 39.0 Å². The molecule has 0 unspecified atom stereocenters. The molecule has 0 atom stereocenters. The number of likely N-dealkylation sites (tertiary alicyclic amines) is 1. The molecule has 0 N–H and O–H groups in total. The summed E-state index contributed by atoms with van der Waals surface area (Å²) >= 11 is 0. The fourth-order valence-electron chi connectivity index (χ4n) is 2.78. The molecule has 0 bridgehead atoms. The van der Waals surface area contributed by atoms with Gasteiger partial charge < -0.3 is 4.74 Å². The van der Waals surface area contributed by atoms with Gasteiger partial charge in [-0.15, -0.1) is 0 Å². The van der Waals surface area contributed by atoms with Crippen LogP contribution in [0.2, 0.25) is 0 Å². The highest BCUT2D eigenvalue weighted by Crippen LogP contribution is 2.25. The number of nitrogens with zero attached hydrogens (tertiary/aromatic N) is 1. The Bertz CT molecular complexity index is 369. The molecule has 2 nitrogen and oxygen atoms in total. The lowest BCUT2D eigenvalue weighted by molar-refractivity contribution is 0.133. The van der Waals surface area contributed by atoms with E-state index in [1.54, 1.807) is 0 Å². The second-order valence-corrected chi connectivity index (χ2v) is 4.88. The Kier molecular flexibility index (Phi) is 2.94. The highest BCUT2D eigenvalue weighted by molar-refractivity contribution is 5.36. The predicted molar refractivity (Wildman–Crippen MR) is 64.1 cm³/mol. The molecule has 3 rings (SSSR count). The van der Waals surface area contributed by atoms with E-state index in [9.17, 15) is 0 Å². The Morgan fingerprint density at radius 1 is 1.06 bits per heavy atom. The van der Waals surface area contributed by atoms with E-state index in [0.717, 1.165) is 19.8 Å². The highest BCUT2D eigenvalue weighted by atomic mass is 16.5. The number of piperidine rings is 1. The molecule has 2 heterocycles. The molecule has 0 saturated carbocycles. The number of hydrogen-bond donors (Lipinski definition) is 0. The minimum Gasteiger partial charge on any atom is -0.372 e. The minimum absolute atomic E-state index is 0.809.